The molecule has 0 atom stereocenters. The van der Waals surface area contributed by atoms with Crippen molar-refractivity contribution in [1.29, 1.82) is 0 Å². The van der Waals surface area contributed by atoms with Gasteiger partial charge < -0.3 is 9.30 Å². The van der Waals surface area contributed by atoms with Crippen molar-refractivity contribution in [3.05, 3.63) is 57.3 Å². The number of aromatic nitrogens is 1. The van der Waals surface area contributed by atoms with Crippen LogP contribution in [0.25, 0.3) is 10.2 Å². The summed E-state index contributed by atoms with van der Waals surface area (Å²) in [7, 11) is -2.00. The Kier molecular flexibility index (Phi) is 10.3. The van der Waals surface area contributed by atoms with Crippen LogP contribution < -0.4 is 4.80 Å². The SMILES string of the molecule is CCCCN(CCCC)S(=O)(=O)c1ccc(C(=O)N=c2sc3ccc(Cl)c(C)c3n2CCOC)cc1. The highest BCUT2D eigenvalue weighted by Gasteiger charge is 2.24. The lowest BCUT2D eigenvalue weighted by atomic mass is 10.2. The number of halogens is 1. The summed E-state index contributed by atoms with van der Waals surface area (Å²) in [5.41, 5.74) is 2.17. The molecular formula is C26H34ClN3O4S2. The Morgan fingerprint density at radius 2 is 1.72 bits per heavy atom. The number of aryl methyl sites for hydroxylation is 1. The first kappa shape index (κ1) is 28.5. The molecule has 0 bridgehead atoms. The summed E-state index contributed by atoms with van der Waals surface area (Å²) in [6, 6.07) is 9.82. The summed E-state index contributed by atoms with van der Waals surface area (Å²) in [6.07, 6.45) is 3.45. The predicted molar refractivity (Wildman–Crippen MR) is 146 cm³/mol. The van der Waals surface area contributed by atoms with E-state index in [9.17, 15) is 13.2 Å². The Balaban J connectivity index is 1.94. The quantitative estimate of drug-likeness (QED) is 0.291. The molecule has 36 heavy (non-hydrogen) atoms. The molecule has 1 heterocycles. The van der Waals surface area contributed by atoms with E-state index in [0.717, 1.165) is 41.5 Å². The lowest BCUT2D eigenvalue weighted by Crippen LogP contribution is -2.33. The normalized spacial score (nSPS) is 12.7. The largest absolute Gasteiger partial charge is 0.383 e. The number of fused-ring (bicyclic) bond motifs is 1. The second kappa shape index (κ2) is 13.0. The van der Waals surface area contributed by atoms with Crippen molar-refractivity contribution in [2.45, 2.75) is 57.9 Å². The van der Waals surface area contributed by atoms with E-state index in [-0.39, 0.29) is 4.90 Å². The fourth-order valence-electron chi connectivity index (χ4n) is 3.88. The van der Waals surface area contributed by atoms with Crippen molar-refractivity contribution in [2.24, 2.45) is 4.99 Å². The molecule has 3 aromatic rings. The molecular weight excluding hydrogens is 518 g/mol. The molecule has 7 nitrogen and oxygen atoms in total. The third-order valence-electron chi connectivity index (χ3n) is 6.01. The maximum Gasteiger partial charge on any atom is 0.279 e. The van der Waals surface area contributed by atoms with E-state index in [0.29, 0.717) is 41.6 Å². The number of nitrogens with zero attached hydrogens (tertiary/aromatic N) is 3. The first-order chi connectivity index (χ1) is 17.2. The molecule has 1 aromatic heterocycles. The molecule has 0 saturated carbocycles. The number of methoxy groups -OCH3 is 1. The Morgan fingerprint density at radius 3 is 2.31 bits per heavy atom. The number of hydrogen-bond acceptors (Lipinski definition) is 5. The highest BCUT2D eigenvalue weighted by Crippen LogP contribution is 2.27. The van der Waals surface area contributed by atoms with Crippen LogP contribution in [0.4, 0.5) is 0 Å². The van der Waals surface area contributed by atoms with E-state index >= 15 is 0 Å². The van der Waals surface area contributed by atoms with Crippen molar-refractivity contribution < 1.29 is 17.9 Å². The third kappa shape index (κ3) is 6.44. The van der Waals surface area contributed by atoms with Gasteiger partial charge in [0, 0.05) is 37.3 Å². The lowest BCUT2D eigenvalue weighted by molar-refractivity contribution is 0.0997. The molecule has 3 rings (SSSR count). The highest BCUT2D eigenvalue weighted by molar-refractivity contribution is 7.89. The van der Waals surface area contributed by atoms with Gasteiger partial charge in [-0.2, -0.15) is 9.30 Å². The number of ether oxygens (including phenoxy) is 1. The van der Waals surface area contributed by atoms with Crippen LogP contribution in [0.2, 0.25) is 5.02 Å². The monoisotopic (exact) mass is 551 g/mol. The number of carbonyl (C=O) groups excluding carboxylic acids is 1. The van der Waals surface area contributed by atoms with Crippen LogP contribution >= 0.6 is 22.9 Å². The minimum atomic E-state index is -3.63. The molecule has 0 spiro atoms. The van der Waals surface area contributed by atoms with Crippen molar-refractivity contribution in [3.63, 3.8) is 0 Å². The minimum absolute atomic E-state index is 0.188. The molecule has 0 unspecified atom stereocenters. The third-order valence-corrected chi connectivity index (χ3v) is 9.37. The van der Waals surface area contributed by atoms with Gasteiger partial charge in [-0.1, -0.05) is 49.6 Å². The van der Waals surface area contributed by atoms with Gasteiger partial charge in [0.15, 0.2) is 4.80 Å². The number of benzene rings is 2. The Morgan fingerprint density at radius 1 is 1.08 bits per heavy atom. The van der Waals surface area contributed by atoms with E-state index < -0.39 is 15.9 Å². The molecule has 1 amide bonds. The van der Waals surface area contributed by atoms with E-state index in [4.69, 9.17) is 16.3 Å². The van der Waals surface area contributed by atoms with E-state index in [1.165, 1.54) is 35.6 Å². The van der Waals surface area contributed by atoms with Gasteiger partial charge in [0.1, 0.15) is 0 Å². The maximum absolute atomic E-state index is 13.2. The standard InChI is InChI=1S/C26H34ClN3O4S2/c1-5-7-15-29(16-8-6-2)36(32,33)21-11-9-20(10-12-21)25(31)28-26-30(17-18-34-4)24-19(3)22(27)13-14-23(24)35-26/h9-14H,5-8,15-18H2,1-4H3. The molecule has 0 saturated heterocycles. The summed E-state index contributed by atoms with van der Waals surface area (Å²) in [4.78, 5) is 18.2. The van der Waals surface area contributed by atoms with E-state index in [1.54, 1.807) is 11.4 Å². The lowest BCUT2D eigenvalue weighted by Gasteiger charge is -2.22. The zero-order valence-corrected chi connectivity index (χ0v) is 23.7. The maximum atomic E-state index is 13.2. The van der Waals surface area contributed by atoms with Crippen LogP contribution in [0.5, 0.6) is 0 Å². The number of unbranched alkanes of at least 4 members (excludes halogenated alkanes) is 2. The van der Waals surface area contributed by atoms with Crippen LogP contribution in [-0.2, 0) is 21.3 Å². The predicted octanol–water partition coefficient (Wildman–Crippen LogP) is 5.64. The molecule has 0 aliphatic heterocycles. The highest BCUT2D eigenvalue weighted by atomic mass is 35.5. The minimum Gasteiger partial charge on any atom is -0.383 e. The molecule has 196 valence electrons. The summed E-state index contributed by atoms with van der Waals surface area (Å²) in [5.74, 6) is -0.436. The fraction of sp³-hybridized carbons (Fsp3) is 0.462. The number of rotatable bonds is 12. The molecule has 0 aliphatic rings. The second-order valence-electron chi connectivity index (χ2n) is 8.60. The molecule has 0 aliphatic carbocycles. The van der Waals surface area contributed by atoms with Gasteiger partial charge >= 0.3 is 0 Å². The average Bonchev–Trinajstić information content (AvgIpc) is 3.22. The molecule has 2 aromatic carbocycles. The van der Waals surface area contributed by atoms with Crippen molar-refractivity contribution in [1.82, 2.24) is 8.87 Å². The molecule has 10 heteroatoms. The van der Waals surface area contributed by atoms with Crippen molar-refractivity contribution in [2.75, 3.05) is 26.8 Å². The average molecular weight is 552 g/mol. The summed E-state index contributed by atoms with van der Waals surface area (Å²) in [5, 5.41) is 0.646. The molecule has 0 fully saturated rings. The van der Waals surface area contributed by atoms with Crippen molar-refractivity contribution >= 4 is 49.1 Å². The fourth-order valence-corrected chi connectivity index (χ4v) is 6.67. The number of amides is 1. The van der Waals surface area contributed by atoms with Gasteiger partial charge in [0.2, 0.25) is 10.0 Å². The number of thiazole rings is 1. The smallest absolute Gasteiger partial charge is 0.279 e. The van der Waals surface area contributed by atoms with E-state index in [1.807, 2.05) is 37.5 Å². The van der Waals surface area contributed by atoms with Crippen LogP contribution in [0.1, 0.15) is 55.5 Å². The van der Waals surface area contributed by atoms with Crippen LogP contribution in [0.3, 0.4) is 0 Å². The molecule has 0 radical (unpaired) electrons. The van der Waals surface area contributed by atoms with Gasteiger partial charge in [0.25, 0.3) is 5.91 Å². The number of hydrogen-bond donors (Lipinski definition) is 0. The summed E-state index contributed by atoms with van der Waals surface area (Å²) < 4.78 is 36.1. The van der Waals surface area contributed by atoms with Gasteiger partial charge in [-0.3, -0.25) is 4.79 Å². The zero-order chi connectivity index (χ0) is 26.3. The van der Waals surface area contributed by atoms with Gasteiger partial charge in [-0.25, -0.2) is 8.42 Å². The van der Waals surface area contributed by atoms with Gasteiger partial charge in [-0.05, 0) is 61.7 Å². The van der Waals surface area contributed by atoms with Crippen LogP contribution in [0.15, 0.2) is 46.3 Å². The van der Waals surface area contributed by atoms with E-state index in [2.05, 4.69) is 4.99 Å². The first-order valence-corrected chi connectivity index (χ1v) is 14.8. The van der Waals surface area contributed by atoms with Gasteiger partial charge in [-0.15, -0.1) is 0 Å². The molecule has 0 N–H and O–H groups in total. The van der Waals surface area contributed by atoms with Crippen molar-refractivity contribution in [3.8, 4) is 0 Å². The topological polar surface area (TPSA) is 81.0 Å². The second-order valence-corrected chi connectivity index (χ2v) is 12.0. The van der Waals surface area contributed by atoms with Gasteiger partial charge in [0.05, 0.1) is 21.7 Å². The zero-order valence-electron chi connectivity index (χ0n) is 21.3. The number of carbonyl (C=O) groups is 1. The summed E-state index contributed by atoms with van der Waals surface area (Å²) >= 11 is 7.75. The Hall–Kier alpha value is -2.04. The number of sulfonamides is 1. The van der Waals surface area contributed by atoms with Crippen LogP contribution in [0, 0.1) is 6.92 Å². The summed E-state index contributed by atoms with van der Waals surface area (Å²) in [6.45, 7) is 7.98. The Bertz CT molecular complexity index is 1350. The van der Waals surface area contributed by atoms with Crippen LogP contribution in [-0.4, -0.2) is 50.0 Å². The Labute approximate surface area is 222 Å². The first-order valence-electron chi connectivity index (χ1n) is 12.2.